The number of cyclic esters (lactones) is 1. The Balaban J connectivity index is 1.83. The summed E-state index contributed by atoms with van der Waals surface area (Å²) >= 11 is 0. The molecule has 0 amide bonds. The molecule has 3 rings (SSSR count). The molecule has 0 aliphatic carbocycles. The van der Waals surface area contributed by atoms with Crippen LogP contribution in [0.4, 0.5) is 0 Å². The van der Waals surface area contributed by atoms with Crippen LogP contribution in [0.2, 0.25) is 0 Å². The van der Waals surface area contributed by atoms with Crippen LogP contribution in [-0.4, -0.2) is 13.1 Å². The van der Waals surface area contributed by atoms with Crippen LogP contribution in [0.5, 0.6) is 11.5 Å². The Morgan fingerprint density at radius 1 is 1.10 bits per heavy atom. The molecule has 4 heteroatoms. The summed E-state index contributed by atoms with van der Waals surface area (Å²) in [5, 5.41) is 0. The molecular weight excluding hydrogens is 268 g/mol. The molecule has 108 valence electrons. The first kappa shape index (κ1) is 13.5. The van der Waals surface area contributed by atoms with E-state index in [0.717, 1.165) is 16.7 Å². The van der Waals surface area contributed by atoms with Crippen LogP contribution in [0.1, 0.15) is 16.7 Å². The minimum atomic E-state index is -0.207. The van der Waals surface area contributed by atoms with Crippen molar-refractivity contribution in [1.29, 1.82) is 0 Å². The topological polar surface area (TPSA) is 44.8 Å². The van der Waals surface area contributed by atoms with Gasteiger partial charge in [-0.3, -0.25) is 4.79 Å². The average Bonchev–Trinajstić information content (AvgIpc) is 2.53. The van der Waals surface area contributed by atoms with E-state index >= 15 is 0 Å². The number of esters is 1. The number of ether oxygens (including phenoxy) is 3. The molecule has 4 nitrogen and oxygen atoms in total. The van der Waals surface area contributed by atoms with Gasteiger partial charge in [0, 0.05) is 0 Å². The Bertz CT molecular complexity index is 649. The second-order valence-electron chi connectivity index (χ2n) is 4.88. The lowest BCUT2D eigenvalue weighted by Gasteiger charge is -2.19. The number of hydrogen-bond acceptors (Lipinski definition) is 4. The van der Waals surface area contributed by atoms with Crippen molar-refractivity contribution in [3.05, 3.63) is 59.2 Å². The molecule has 21 heavy (non-hydrogen) atoms. The first-order valence-corrected chi connectivity index (χ1v) is 6.78. The van der Waals surface area contributed by atoms with Crippen LogP contribution >= 0.6 is 0 Å². The number of carbonyl (C=O) groups excluding carboxylic acids is 1. The third-order valence-corrected chi connectivity index (χ3v) is 3.45. The van der Waals surface area contributed by atoms with Gasteiger partial charge in [0.15, 0.2) is 11.5 Å². The maximum atomic E-state index is 11.4. The highest BCUT2D eigenvalue weighted by atomic mass is 16.5. The van der Waals surface area contributed by atoms with Crippen molar-refractivity contribution >= 4 is 5.97 Å². The Morgan fingerprint density at radius 2 is 1.86 bits per heavy atom. The van der Waals surface area contributed by atoms with E-state index in [1.54, 1.807) is 7.11 Å². The van der Waals surface area contributed by atoms with Gasteiger partial charge in [-0.2, -0.15) is 0 Å². The average molecular weight is 284 g/mol. The van der Waals surface area contributed by atoms with E-state index in [-0.39, 0.29) is 12.4 Å². The van der Waals surface area contributed by atoms with Crippen molar-refractivity contribution in [3.63, 3.8) is 0 Å². The van der Waals surface area contributed by atoms with Crippen LogP contribution in [0.3, 0.4) is 0 Å². The van der Waals surface area contributed by atoms with Gasteiger partial charge in [-0.1, -0.05) is 30.3 Å². The van der Waals surface area contributed by atoms with Crippen LogP contribution in [0.15, 0.2) is 42.5 Å². The fraction of sp³-hybridized carbons (Fsp3) is 0.235. The van der Waals surface area contributed by atoms with E-state index in [0.29, 0.717) is 24.7 Å². The maximum Gasteiger partial charge on any atom is 0.310 e. The molecule has 2 aromatic carbocycles. The Hall–Kier alpha value is -2.49. The lowest BCUT2D eigenvalue weighted by atomic mass is 10.0. The van der Waals surface area contributed by atoms with E-state index in [4.69, 9.17) is 14.2 Å². The van der Waals surface area contributed by atoms with Gasteiger partial charge < -0.3 is 14.2 Å². The van der Waals surface area contributed by atoms with Crippen molar-refractivity contribution < 1.29 is 19.0 Å². The second kappa shape index (κ2) is 5.87. The van der Waals surface area contributed by atoms with E-state index in [1.165, 1.54) is 0 Å². The summed E-state index contributed by atoms with van der Waals surface area (Å²) in [7, 11) is 1.60. The normalized spacial score (nSPS) is 13.3. The Labute approximate surface area is 123 Å². The molecule has 0 saturated carbocycles. The lowest BCUT2D eigenvalue weighted by molar-refractivity contribution is -0.145. The van der Waals surface area contributed by atoms with Crippen LogP contribution in [0.25, 0.3) is 0 Å². The van der Waals surface area contributed by atoms with Crippen LogP contribution in [0, 0.1) is 0 Å². The number of rotatable bonds is 4. The van der Waals surface area contributed by atoms with Crippen molar-refractivity contribution in [2.24, 2.45) is 0 Å². The number of benzene rings is 2. The van der Waals surface area contributed by atoms with Gasteiger partial charge >= 0.3 is 5.97 Å². The molecule has 1 aliphatic heterocycles. The van der Waals surface area contributed by atoms with Gasteiger partial charge in [0.2, 0.25) is 0 Å². The standard InChI is InChI=1S/C17H16O4/c1-19-15-8-14-11-21-17(18)9-13(14)7-16(15)20-10-12-5-3-2-4-6-12/h2-8H,9-11H2,1H3. The van der Waals surface area contributed by atoms with Gasteiger partial charge in [0.05, 0.1) is 13.5 Å². The highest BCUT2D eigenvalue weighted by molar-refractivity contribution is 5.75. The van der Waals surface area contributed by atoms with Crippen molar-refractivity contribution in [3.8, 4) is 11.5 Å². The molecule has 1 heterocycles. The van der Waals surface area contributed by atoms with Crippen LogP contribution < -0.4 is 9.47 Å². The fourth-order valence-corrected chi connectivity index (χ4v) is 2.32. The SMILES string of the molecule is COc1cc2c(cc1OCc1ccccc1)CC(=O)OC2. The molecule has 0 N–H and O–H groups in total. The summed E-state index contributed by atoms with van der Waals surface area (Å²) in [4.78, 5) is 11.4. The number of fused-ring (bicyclic) bond motifs is 1. The van der Waals surface area contributed by atoms with E-state index < -0.39 is 0 Å². The molecule has 1 aliphatic rings. The third-order valence-electron chi connectivity index (χ3n) is 3.45. The zero-order valence-electron chi connectivity index (χ0n) is 11.8. The summed E-state index contributed by atoms with van der Waals surface area (Å²) in [5.41, 5.74) is 2.99. The van der Waals surface area contributed by atoms with Gasteiger partial charge in [-0.15, -0.1) is 0 Å². The molecule has 0 atom stereocenters. The third kappa shape index (κ3) is 2.99. The predicted molar refractivity (Wildman–Crippen MR) is 77.3 cm³/mol. The largest absolute Gasteiger partial charge is 0.493 e. The van der Waals surface area contributed by atoms with Gasteiger partial charge in [0.25, 0.3) is 0 Å². The molecular formula is C17H16O4. The molecule has 2 aromatic rings. The summed E-state index contributed by atoms with van der Waals surface area (Å²) in [6, 6.07) is 13.7. The summed E-state index contributed by atoms with van der Waals surface area (Å²) in [6.07, 6.45) is 0.279. The Morgan fingerprint density at radius 3 is 2.62 bits per heavy atom. The summed E-state index contributed by atoms with van der Waals surface area (Å²) in [6.45, 7) is 0.754. The van der Waals surface area contributed by atoms with Crippen LogP contribution in [-0.2, 0) is 29.2 Å². The monoisotopic (exact) mass is 284 g/mol. The first-order chi connectivity index (χ1) is 10.3. The highest BCUT2D eigenvalue weighted by Crippen LogP contribution is 2.33. The first-order valence-electron chi connectivity index (χ1n) is 6.78. The van der Waals surface area contributed by atoms with Gasteiger partial charge in [0.1, 0.15) is 13.2 Å². The van der Waals surface area contributed by atoms with E-state index in [1.807, 2.05) is 42.5 Å². The summed E-state index contributed by atoms with van der Waals surface area (Å²) < 4.78 is 16.2. The highest BCUT2D eigenvalue weighted by Gasteiger charge is 2.20. The Kier molecular flexibility index (Phi) is 3.77. The lowest BCUT2D eigenvalue weighted by Crippen LogP contribution is -2.16. The summed E-state index contributed by atoms with van der Waals surface area (Å²) in [5.74, 6) is 1.10. The maximum absolute atomic E-state index is 11.4. The van der Waals surface area contributed by atoms with Crippen molar-refractivity contribution in [1.82, 2.24) is 0 Å². The minimum Gasteiger partial charge on any atom is -0.493 e. The molecule has 0 unspecified atom stereocenters. The van der Waals surface area contributed by atoms with E-state index in [2.05, 4.69) is 0 Å². The van der Waals surface area contributed by atoms with Gasteiger partial charge in [-0.05, 0) is 28.8 Å². The smallest absolute Gasteiger partial charge is 0.310 e. The fourth-order valence-electron chi connectivity index (χ4n) is 2.32. The molecule has 0 aromatic heterocycles. The van der Waals surface area contributed by atoms with Crippen molar-refractivity contribution in [2.45, 2.75) is 19.6 Å². The molecule has 0 bridgehead atoms. The molecule has 0 saturated heterocycles. The zero-order valence-corrected chi connectivity index (χ0v) is 11.8. The number of carbonyl (C=O) groups is 1. The quantitative estimate of drug-likeness (QED) is 0.810. The molecule has 0 spiro atoms. The van der Waals surface area contributed by atoms with E-state index in [9.17, 15) is 4.79 Å². The number of hydrogen-bond donors (Lipinski definition) is 0. The molecule has 0 radical (unpaired) electrons. The predicted octanol–water partition coefficient (Wildman–Crippen LogP) is 2.87. The zero-order chi connectivity index (χ0) is 14.7. The second-order valence-corrected chi connectivity index (χ2v) is 4.88. The number of methoxy groups -OCH3 is 1. The van der Waals surface area contributed by atoms with Crippen molar-refractivity contribution in [2.75, 3.05) is 7.11 Å². The minimum absolute atomic E-state index is 0.207. The van der Waals surface area contributed by atoms with Gasteiger partial charge in [-0.25, -0.2) is 0 Å². The molecule has 0 fully saturated rings.